The van der Waals surface area contributed by atoms with E-state index in [9.17, 15) is 19.5 Å². The van der Waals surface area contributed by atoms with Crippen molar-refractivity contribution >= 4 is 28.6 Å². The zero-order valence-corrected chi connectivity index (χ0v) is 23.5. The van der Waals surface area contributed by atoms with E-state index in [1.807, 2.05) is 0 Å². The van der Waals surface area contributed by atoms with Gasteiger partial charge >= 0.3 is 5.97 Å². The van der Waals surface area contributed by atoms with Crippen LogP contribution in [-0.2, 0) is 23.9 Å². The molecule has 0 amide bonds. The van der Waals surface area contributed by atoms with Crippen LogP contribution < -0.4 is 0 Å². The van der Waals surface area contributed by atoms with Crippen molar-refractivity contribution in [1.29, 1.82) is 0 Å². The summed E-state index contributed by atoms with van der Waals surface area (Å²) in [5, 5.41) is 20.1. The lowest BCUT2D eigenvalue weighted by molar-refractivity contribution is -0.229. The van der Waals surface area contributed by atoms with Crippen molar-refractivity contribution in [3.8, 4) is 11.8 Å². The third-order valence-electron chi connectivity index (χ3n) is 9.65. The number of ketones is 1. The number of alkyl halides is 2. The third-order valence-corrected chi connectivity index (χ3v) is 10.5. The fourth-order valence-electron chi connectivity index (χ4n) is 7.93. The van der Waals surface area contributed by atoms with Crippen LogP contribution >= 0.6 is 11.8 Å². The number of rotatable bonds is 6. The van der Waals surface area contributed by atoms with Gasteiger partial charge in [-0.3, -0.25) is 9.59 Å². The first kappa shape index (κ1) is 29.9. The molecule has 3 saturated carbocycles. The van der Waals surface area contributed by atoms with Gasteiger partial charge in [-0.05, 0) is 56.8 Å². The van der Waals surface area contributed by atoms with Gasteiger partial charge in [0.25, 0.3) is 0 Å². The molecule has 7 nitrogen and oxygen atoms in total. The highest BCUT2D eigenvalue weighted by Gasteiger charge is 2.78. The lowest BCUT2D eigenvalue weighted by Crippen LogP contribution is -2.70. The van der Waals surface area contributed by atoms with Gasteiger partial charge in [0, 0.05) is 29.3 Å². The summed E-state index contributed by atoms with van der Waals surface area (Å²) in [6, 6.07) is 0. The van der Waals surface area contributed by atoms with Crippen LogP contribution in [0.15, 0.2) is 23.8 Å². The monoisotopic (exact) mass is 566 g/mol. The first-order valence-corrected chi connectivity index (χ1v) is 14.3. The molecule has 0 aliphatic heterocycles. The number of ether oxygens (including phenoxy) is 2. The van der Waals surface area contributed by atoms with Crippen molar-refractivity contribution in [2.45, 2.75) is 70.5 Å². The van der Waals surface area contributed by atoms with Gasteiger partial charge in [0.05, 0.1) is 11.9 Å². The van der Waals surface area contributed by atoms with Crippen molar-refractivity contribution in [3.63, 3.8) is 0 Å². The van der Waals surface area contributed by atoms with Gasteiger partial charge in [-0.25, -0.2) is 13.6 Å². The number of thioether (sulfide) groups is 1. The van der Waals surface area contributed by atoms with Crippen LogP contribution in [0.25, 0.3) is 0 Å². The molecule has 0 radical (unpaired) electrons. The Kier molecular flexibility index (Phi) is 8.23. The summed E-state index contributed by atoms with van der Waals surface area (Å²) in [4.78, 5) is 39.0. The number of halogens is 2. The van der Waals surface area contributed by atoms with Crippen LogP contribution in [0.3, 0.4) is 0 Å². The topological polar surface area (TPSA) is 110 Å². The minimum atomic E-state index is -2.31. The largest absolute Gasteiger partial charge is 0.447 e. The zero-order valence-electron chi connectivity index (χ0n) is 22.7. The smallest absolute Gasteiger partial charge is 0.333 e. The Morgan fingerprint density at radius 1 is 1.23 bits per heavy atom. The summed E-state index contributed by atoms with van der Waals surface area (Å²) >= 11 is 0.835. The van der Waals surface area contributed by atoms with Crippen molar-refractivity contribution in [2.75, 3.05) is 25.6 Å². The molecule has 0 aromatic carbocycles. The maximum absolute atomic E-state index is 17.5. The van der Waals surface area contributed by atoms with Gasteiger partial charge in [0.2, 0.25) is 5.12 Å². The Labute approximate surface area is 231 Å². The van der Waals surface area contributed by atoms with Crippen molar-refractivity contribution in [1.82, 2.24) is 0 Å². The molecule has 10 heteroatoms. The Bertz CT molecular complexity index is 1160. The van der Waals surface area contributed by atoms with Gasteiger partial charge in [0.1, 0.15) is 19.4 Å². The second kappa shape index (κ2) is 10.7. The molecule has 0 aromatic rings. The van der Waals surface area contributed by atoms with Crippen LogP contribution in [0, 0.1) is 40.4 Å². The van der Waals surface area contributed by atoms with Crippen molar-refractivity contribution < 1.29 is 42.9 Å². The molecule has 4 rings (SSSR count). The van der Waals surface area contributed by atoms with Crippen LogP contribution in [-0.4, -0.2) is 76.2 Å². The van der Waals surface area contributed by atoms with E-state index in [-0.39, 0.29) is 50.4 Å². The number of carbonyl (C=O) groups excluding carboxylic acids is 3. The third kappa shape index (κ3) is 4.32. The van der Waals surface area contributed by atoms with Crippen LogP contribution in [0.4, 0.5) is 8.78 Å². The Balaban J connectivity index is 1.80. The minimum Gasteiger partial charge on any atom is -0.447 e. The van der Waals surface area contributed by atoms with E-state index in [4.69, 9.17) is 14.6 Å². The Morgan fingerprint density at radius 2 is 1.95 bits per heavy atom. The summed E-state index contributed by atoms with van der Waals surface area (Å²) in [5.41, 5.74) is -6.82. The van der Waals surface area contributed by atoms with E-state index in [1.165, 1.54) is 19.1 Å². The average Bonchev–Trinajstić information content (AvgIpc) is 3.10. The average molecular weight is 567 g/mol. The molecule has 9 atom stereocenters. The summed E-state index contributed by atoms with van der Waals surface area (Å²) in [6.45, 7) is 6.20. The summed E-state index contributed by atoms with van der Waals surface area (Å²) in [7, 11) is 0. The molecular weight excluding hydrogens is 530 g/mol. The highest BCUT2D eigenvalue weighted by atomic mass is 32.2. The molecule has 214 valence electrons. The van der Waals surface area contributed by atoms with E-state index in [2.05, 4.69) is 11.8 Å². The van der Waals surface area contributed by atoms with Gasteiger partial charge in [0.15, 0.2) is 17.1 Å². The predicted molar refractivity (Wildman–Crippen MR) is 141 cm³/mol. The number of fused-ring (bicyclic) bond motifs is 5. The zero-order chi connectivity index (χ0) is 28.8. The molecule has 2 N–H and O–H groups in total. The SMILES string of the molecule is CCOCC(=O)O[C@]1(C(=O)SCC#CCO)[C@H](C)C[C@H]2[C@@H]3C[C@H](F)C4=CC(=O)C=C[C@]4(C)[C@@]3(F)[C@@H](O)C[C@@]21C. The molecule has 0 saturated heterocycles. The Morgan fingerprint density at radius 3 is 2.62 bits per heavy atom. The molecule has 0 aromatic heterocycles. The van der Waals surface area contributed by atoms with Crippen LogP contribution in [0.5, 0.6) is 0 Å². The number of esters is 1. The normalized spacial score (nSPS) is 42.4. The van der Waals surface area contributed by atoms with E-state index in [0.29, 0.717) is 0 Å². The molecule has 0 heterocycles. The van der Waals surface area contributed by atoms with Gasteiger partial charge < -0.3 is 19.7 Å². The highest BCUT2D eigenvalue weighted by molar-refractivity contribution is 8.14. The first-order chi connectivity index (χ1) is 18.3. The van der Waals surface area contributed by atoms with Crippen molar-refractivity contribution in [2.24, 2.45) is 28.6 Å². The number of allylic oxidation sites excluding steroid dienone is 4. The van der Waals surface area contributed by atoms with Gasteiger partial charge in [-0.2, -0.15) is 0 Å². The van der Waals surface area contributed by atoms with E-state index in [1.54, 1.807) is 20.8 Å². The van der Waals surface area contributed by atoms with Gasteiger partial charge in [-0.15, -0.1) is 0 Å². The molecule has 4 aliphatic rings. The maximum Gasteiger partial charge on any atom is 0.333 e. The summed E-state index contributed by atoms with van der Waals surface area (Å²) < 4.78 is 44.4. The van der Waals surface area contributed by atoms with E-state index >= 15 is 8.78 Å². The lowest BCUT2D eigenvalue weighted by Gasteiger charge is -2.63. The summed E-state index contributed by atoms with van der Waals surface area (Å²) in [6.07, 6.45) is 0.243. The van der Waals surface area contributed by atoms with E-state index in [0.717, 1.165) is 17.8 Å². The molecule has 0 bridgehead atoms. The number of aliphatic hydroxyl groups is 2. The fourth-order valence-corrected chi connectivity index (χ4v) is 8.92. The highest BCUT2D eigenvalue weighted by Crippen LogP contribution is 2.72. The number of carbonyl (C=O) groups is 3. The predicted octanol–water partition coefficient (Wildman–Crippen LogP) is 3.13. The number of aliphatic hydroxyl groups excluding tert-OH is 2. The van der Waals surface area contributed by atoms with Gasteiger partial charge in [-0.1, -0.05) is 43.5 Å². The lowest BCUT2D eigenvalue weighted by atomic mass is 9.44. The standard InChI is InChI=1S/C29H36F2O7S/c1-5-37-16-24(35)38-29(25(36)39-11-7-6-10-32)17(2)12-19-20-14-22(30)21-13-18(33)8-9-26(21,3)28(20,31)23(34)15-27(19,29)4/h8-9,13,17,19-20,22-23,32,34H,5,10-12,14-16H2,1-4H3/t17-,19+,20+,22+,23+,26+,27+,28+,29+/m1/s1. The Hall–Kier alpha value is -2.06. The minimum absolute atomic E-state index is 0.0194. The van der Waals surface area contributed by atoms with Crippen LogP contribution in [0.2, 0.25) is 0 Å². The molecule has 39 heavy (non-hydrogen) atoms. The van der Waals surface area contributed by atoms with E-state index < -0.39 is 69.0 Å². The molecular formula is C29H36F2O7S. The van der Waals surface area contributed by atoms with Crippen molar-refractivity contribution in [3.05, 3.63) is 23.8 Å². The molecule has 0 spiro atoms. The number of hydrogen-bond acceptors (Lipinski definition) is 8. The first-order valence-electron chi connectivity index (χ1n) is 13.3. The quantitative estimate of drug-likeness (QED) is 0.373. The number of hydrogen-bond donors (Lipinski definition) is 2. The molecule has 0 unspecified atom stereocenters. The maximum atomic E-state index is 17.5. The molecule has 3 fully saturated rings. The molecule has 4 aliphatic carbocycles. The second-order valence-electron chi connectivity index (χ2n) is 11.4. The fraction of sp³-hybridized carbons (Fsp3) is 0.690. The van der Waals surface area contributed by atoms with Crippen LogP contribution in [0.1, 0.15) is 47.0 Å². The second-order valence-corrected chi connectivity index (χ2v) is 12.4. The summed E-state index contributed by atoms with van der Waals surface area (Å²) in [5.74, 6) is 1.80.